The fourth-order valence-corrected chi connectivity index (χ4v) is 2.53. The third-order valence-electron chi connectivity index (χ3n) is 3.86. The molecule has 2 nitrogen and oxygen atoms in total. The quantitative estimate of drug-likeness (QED) is 0.870. The van der Waals surface area contributed by atoms with Gasteiger partial charge in [0.15, 0.2) is 5.78 Å². The van der Waals surface area contributed by atoms with Gasteiger partial charge >= 0.3 is 0 Å². The second-order valence-electron chi connectivity index (χ2n) is 5.31. The topological polar surface area (TPSA) is 37.3 Å². The molecule has 2 rings (SSSR count). The Balaban J connectivity index is 2.18. The summed E-state index contributed by atoms with van der Waals surface area (Å²) in [7, 11) is 0. The Labute approximate surface area is 103 Å². The van der Waals surface area contributed by atoms with Gasteiger partial charge in [-0.15, -0.1) is 0 Å². The van der Waals surface area contributed by atoms with Crippen molar-refractivity contribution in [3.05, 3.63) is 35.4 Å². The van der Waals surface area contributed by atoms with Crippen molar-refractivity contribution in [2.45, 2.75) is 45.1 Å². The summed E-state index contributed by atoms with van der Waals surface area (Å²) in [5.41, 5.74) is 1.30. The molecule has 0 aliphatic heterocycles. The molecule has 17 heavy (non-hydrogen) atoms. The standard InChI is InChI=1S/C15H20O2/c1-3-15(2,17)10-12-9-8-11-6-4-5-7-13(11)14(12)16/h4-7,12,17H,3,8-10H2,1-2H3. The van der Waals surface area contributed by atoms with Gasteiger partial charge in [0.2, 0.25) is 0 Å². The minimum Gasteiger partial charge on any atom is -0.390 e. The first-order chi connectivity index (χ1) is 8.03. The van der Waals surface area contributed by atoms with E-state index in [1.165, 1.54) is 0 Å². The molecule has 1 N–H and O–H groups in total. The van der Waals surface area contributed by atoms with Gasteiger partial charge in [0.25, 0.3) is 0 Å². The summed E-state index contributed by atoms with van der Waals surface area (Å²) in [5.74, 6) is 0.195. The molecule has 0 saturated carbocycles. The highest BCUT2D eigenvalue weighted by molar-refractivity contribution is 6.00. The molecule has 1 aliphatic carbocycles. The molecule has 0 aromatic heterocycles. The third-order valence-corrected chi connectivity index (χ3v) is 3.86. The van der Waals surface area contributed by atoms with Crippen molar-refractivity contribution in [1.82, 2.24) is 0 Å². The van der Waals surface area contributed by atoms with Crippen LogP contribution in [0.3, 0.4) is 0 Å². The predicted molar refractivity (Wildman–Crippen MR) is 68.1 cm³/mol. The number of aliphatic hydroxyl groups is 1. The first kappa shape index (κ1) is 12.3. The Kier molecular flexibility index (Phi) is 3.34. The number of aryl methyl sites for hydroxylation is 1. The maximum Gasteiger partial charge on any atom is 0.166 e. The largest absolute Gasteiger partial charge is 0.390 e. The summed E-state index contributed by atoms with van der Waals surface area (Å²) in [4.78, 5) is 12.3. The average Bonchev–Trinajstić information content (AvgIpc) is 2.33. The number of fused-ring (bicyclic) bond motifs is 1. The number of hydrogen-bond acceptors (Lipinski definition) is 2. The lowest BCUT2D eigenvalue weighted by molar-refractivity contribution is 0.0268. The van der Waals surface area contributed by atoms with Crippen molar-refractivity contribution in [3.63, 3.8) is 0 Å². The molecule has 2 unspecified atom stereocenters. The van der Waals surface area contributed by atoms with Gasteiger partial charge in [-0.2, -0.15) is 0 Å². The van der Waals surface area contributed by atoms with E-state index in [4.69, 9.17) is 0 Å². The zero-order valence-electron chi connectivity index (χ0n) is 10.6. The Morgan fingerprint density at radius 3 is 2.82 bits per heavy atom. The van der Waals surface area contributed by atoms with Crippen molar-refractivity contribution >= 4 is 5.78 Å². The number of carbonyl (C=O) groups is 1. The van der Waals surface area contributed by atoms with Gasteiger partial charge in [-0.05, 0) is 38.2 Å². The van der Waals surface area contributed by atoms with E-state index < -0.39 is 5.60 Å². The van der Waals surface area contributed by atoms with E-state index in [2.05, 4.69) is 0 Å². The van der Waals surface area contributed by atoms with Crippen LogP contribution in [0.2, 0.25) is 0 Å². The van der Waals surface area contributed by atoms with E-state index in [0.717, 1.165) is 24.0 Å². The summed E-state index contributed by atoms with van der Waals surface area (Å²) in [6.45, 7) is 3.78. The van der Waals surface area contributed by atoms with Gasteiger partial charge in [-0.1, -0.05) is 31.2 Å². The van der Waals surface area contributed by atoms with Crippen molar-refractivity contribution in [2.24, 2.45) is 5.92 Å². The van der Waals surface area contributed by atoms with Crippen LogP contribution in [-0.2, 0) is 6.42 Å². The normalized spacial score (nSPS) is 23.0. The summed E-state index contributed by atoms with van der Waals surface area (Å²) in [5, 5.41) is 10.1. The van der Waals surface area contributed by atoms with E-state index in [-0.39, 0.29) is 11.7 Å². The number of rotatable bonds is 3. The van der Waals surface area contributed by atoms with Crippen LogP contribution in [0, 0.1) is 5.92 Å². The third kappa shape index (κ3) is 2.58. The Bertz CT molecular complexity index is 421. The van der Waals surface area contributed by atoms with Gasteiger partial charge in [-0.3, -0.25) is 4.79 Å². The van der Waals surface area contributed by atoms with Crippen LogP contribution in [0.15, 0.2) is 24.3 Å². The lowest BCUT2D eigenvalue weighted by atomic mass is 9.77. The van der Waals surface area contributed by atoms with Crippen molar-refractivity contribution in [3.8, 4) is 0 Å². The zero-order chi connectivity index (χ0) is 12.5. The van der Waals surface area contributed by atoms with Gasteiger partial charge in [0, 0.05) is 11.5 Å². The van der Waals surface area contributed by atoms with Crippen LogP contribution in [0.25, 0.3) is 0 Å². The highest BCUT2D eigenvalue weighted by atomic mass is 16.3. The molecule has 0 fully saturated rings. The minimum atomic E-state index is -0.716. The van der Waals surface area contributed by atoms with Gasteiger partial charge in [-0.25, -0.2) is 0 Å². The zero-order valence-corrected chi connectivity index (χ0v) is 10.6. The predicted octanol–water partition coefficient (Wildman–Crippen LogP) is 2.98. The summed E-state index contributed by atoms with van der Waals surface area (Å²) < 4.78 is 0. The molecular formula is C15H20O2. The molecule has 0 spiro atoms. The maximum atomic E-state index is 12.3. The van der Waals surface area contributed by atoms with Crippen LogP contribution in [0.5, 0.6) is 0 Å². The fraction of sp³-hybridized carbons (Fsp3) is 0.533. The monoisotopic (exact) mass is 232 g/mol. The molecule has 92 valence electrons. The van der Waals surface area contributed by atoms with Gasteiger partial charge in [0.1, 0.15) is 0 Å². The molecule has 1 aliphatic rings. The number of hydrogen-bond donors (Lipinski definition) is 1. The van der Waals surface area contributed by atoms with E-state index in [1.54, 1.807) is 0 Å². The molecule has 1 aromatic rings. The molecule has 0 heterocycles. The molecule has 2 atom stereocenters. The van der Waals surface area contributed by atoms with E-state index >= 15 is 0 Å². The lowest BCUT2D eigenvalue weighted by Crippen LogP contribution is -2.32. The van der Waals surface area contributed by atoms with Crippen molar-refractivity contribution < 1.29 is 9.90 Å². The highest BCUT2D eigenvalue weighted by Crippen LogP contribution is 2.31. The van der Waals surface area contributed by atoms with Crippen LogP contribution < -0.4 is 0 Å². The van der Waals surface area contributed by atoms with E-state index in [0.29, 0.717) is 12.8 Å². The Morgan fingerprint density at radius 1 is 1.41 bits per heavy atom. The number of carbonyl (C=O) groups excluding carboxylic acids is 1. The highest BCUT2D eigenvalue weighted by Gasteiger charge is 2.32. The smallest absolute Gasteiger partial charge is 0.166 e. The SMILES string of the molecule is CCC(C)(O)CC1CCc2ccccc2C1=O. The molecule has 0 radical (unpaired) electrons. The molecule has 1 aromatic carbocycles. The van der Waals surface area contributed by atoms with Crippen LogP contribution in [-0.4, -0.2) is 16.5 Å². The first-order valence-corrected chi connectivity index (χ1v) is 6.38. The summed E-state index contributed by atoms with van der Waals surface area (Å²) >= 11 is 0. The van der Waals surface area contributed by atoms with Crippen LogP contribution in [0.4, 0.5) is 0 Å². The van der Waals surface area contributed by atoms with Gasteiger partial charge < -0.3 is 5.11 Å². The maximum absolute atomic E-state index is 12.3. The molecule has 2 heteroatoms. The molecule has 0 bridgehead atoms. The molecule has 0 amide bonds. The second-order valence-corrected chi connectivity index (χ2v) is 5.31. The Hall–Kier alpha value is -1.15. The van der Waals surface area contributed by atoms with Gasteiger partial charge in [0.05, 0.1) is 5.60 Å². The number of Topliss-reactive ketones (excluding diaryl/α,β-unsaturated/α-hetero) is 1. The molecule has 0 saturated heterocycles. The Morgan fingerprint density at radius 2 is 2.12 bits per heavy atom. The second kappa shape index (κ2) is 4.61. The van der Waals surface area contributed by atoms with Crippen molar-refractivity contribution in [2.75, 3.05) is 0 Å². The first-order valence-electron chi connectivity index (χ1n) is 6.38. The minimum absolute atomic E-state index is 0.0140. The summed E-state index contributed by atoms with van der Waals surface area (Å²) in [6, 6.07) is 7.83. The lowest BCUT2D eigenvalue weighted by Gasteiger charge is -2.30. The molecular weight excluding hydrogens is 212 g/mol. The summed E-state index contributed by atoms with van der Waals surface area (Å²) in [6.07, 6.45) is 3.09. The van der Waals surface area contributed by atoms with E-state index in [1.807, 2.05) is 38.1 Å². The van der Waals surface area contributed by atoms with Crippen LogP contribution >= 0.6 is 0 Å². The number of benzene rings is 1. The number of ketones is 1. The fourth-order valence-electron chi connectivity index (χ4n) is 2.53. The van der Waals surface area contributed by atoms with Crippen LogP contribution in [0.1, 0.15) is 49.0 Å². The van der Waals surface area contributed by atoms with E-state index in [9.17, 15) is 9.90 Å². The van der Waals surface area contributed by atoms with Crippen molar-refractivity contribution in [1.29, 1.82) is 0 Å². The average molecular weight is 232 g/mol.